The van der Waals surface area contributed by atoms with Gasteiger partial charge in [0.1, 0.15) is 5.82 Å². The van der Waals surface area contributed by atoms with Gasteiger partial charge in [-0.15, -0.1) is 0 Å². The van der Waals surface area contributed by atoms with E-state index in [1.54, 1.807) is 24.5 Å². The van der Waals surface area contributed by atoms with E-state index in [1.165, 1.54) is 0 Å². The van der Waals surface area contributed by atoms with Crippen LogP contribution in [0.3, 0.4) is 0 Å². The van der Waals surface area contributed by atoms with E-state index in [4.69, 9.17) is 4.74 Å². The first kappa shape index (κ1) is 15.6. The number of benzene rings is 1. The minimum absolute atomic E-state index is 0.173. The van der Waals surface area contributed by atoms with Crippen LogP contribution in [0.2, 0.25) is 0 Å². The van der Waals surface area contributed by atoms with Crippen LogP contribution in [0.1, 0.15) is 24.2 Å². The molecule has 6 heteroatoms. The first-order chi connectivity index (χ1) is 12.2. The van der Waals surface area contributed by atoms with Gasteiger partial charge in [-0.05, 0) is 38.0 Å². The summed E-state index contributed by atoms with van der Waals surface area (Å²) in [4.78, 5) is 8.65. The summed E-state index contributed by atoms with van der Waals surface area (Å²) in [5.74, 6) is 1.61. The van der Waals surface area contributed by atoms with Crippen LogP contribution in [-0.2, 0) is 6.54 Å². The molecule has 2 heterocycles. The zero-order chi connectivity index (χ0) is 17.2. The maximum absolute atomic E-state index is 14.6. The highest BCUT2D eigenvalue weighted by atomic mass is 19.1. The molecule has 0 atom stereocenters. The number of anilines is 1. The van der Waals surface area contributed by atoms with E-state index in [-0.39, 0.29) is 11.9 Å². The summed E-state index contributed by atoms with van der Waals surface area (Å²) >= 11 is 0. The van der Waals surface area contributed by atoms with Crippen molar-refractivity contribution in [2.24, 2.45) is 0 Å². The van der Waals surface area contributed by atoms with Crippen LogP contribution in [0.4, 0.5) is 10.1 Å². The van der Waals surface area contributed by atoms with Crippen molar-refractivity contribution < 1.29 is 9.13 Å². The number of halogens is 1. The minimum atomic E-state index is -0.300. The number of hydrogen-bond acceptors (Lipinski definition) is 4. The van der Waals surface area contributed by atoms with Crippen LogP contribution < -0.4 is 10.1 Å². The molecule has 1 aliphatic rings. The van der Waals surface area contributed by atoms with Crippen molar-refractivity contribution in [1.82, 2.24) is 14.5 Å². The maximum atomic E-state index is 14.6. The number of rotatable bonds is 6. The predicted octanol–water partition coefficient (Wildman–Crippen LogP) is 3.87. The molecule has 3 aromatic rings. The van der Waals surface area contributed by atoms with Gasteiger partial charge in [0.25, 0.3) is 0 Å². The molecule has 0 spiro atoms. The lowest BCUT2D eigenvalue weighted by atomic mass is 10.2. The fourth-order valence-electron chi connectivity index (χ4n) is 2.67. The molecule has 1 N–H and O–H groups in total. The lowest BCUT2D eigenvalue weighted by molar-refractivity contribution is 0.286. The van der Waals surface area contributed by atoms with E-state index in [1.807, 2.05) is 35.9 Å². The number of ether oxygens (including phenoxy) is 1. The number of aryl methyl sites for hydroxylation is 1. The molecule has 1 aliphatic carbocycles. The van der Waals surface area contributed by atoms with Gasteiger partial charge in [-0.3, -0.25) is 4.57 Å². The van der Waals surface area contributed by atoms with Gasteiger partial charge in [-0.2, -0.15) is 0 Å². The number of aromatic nitrogens is 3. The van der Waals surface area contributed by atoms with Crippen molar-refractivity contribution in [3.63, 3.8) is 0 Å². The molecule has 0 amide bonds. The van der Waals surface area contributed by atoms with Crippen LogP contribution in [0, 0.1) is 12.7 Å². The van der Waals surface area contributed by atoms with Crippen LogP contribution >= 0.6 is 0 Å². The molecule has 5 nitrogen and oxygen atoms in total. The van der Waals surface area contributed by atoms with Gasteiger partial charge in [-0.1, -0.05) is 12.1 Å². The Morgan fingerprint density at radius 1 is 1.20 bits per heavy atom. The van der Waals surface area contributed by atoms with Gasteiger partial charge in [0.15, 0.2) is 17.4 Å². The van der Waals surface area contributed by atoms with Gasteiger partial charge in [0.05, 0.1) is 11.8 Å². The zero-order valence-corrected chi connectivity index (χ0v) is 13.9. The quantitative estimate of drug-likeness (QED) is 0.741. The van der Waals surface area contributed by atoms with E-state index in [0.717, 1.165) is 30.2 Å². The van der Waals surface area contributed by atoms with Gasteiger partial charge >= 0.3 is 0 Å². The van der Waals surface area contributed by atoms with Crippen molar-refractivity contribution in [3.05, 3.63) is 66.1 Å². The van der Waals surface area contributed by atoms with Gasteiger partial charge < -0.3 is 10.1 Å². The molecule has 4 rings (SSSR count). The summed E-state index contributed by atoms with van der Waals surface area (Å²) in [6, 6.07) is 9.04. The van der Waals surface area contributed by atoms with Crippen LogP contribution in [0.15, 0.2) is 48.9 Å². The number of imidazole rings is 1. The molecule has 0 aliphatic heterocycles. The van der Waals surface area contributed by atoms with Gasteiger partial charge in [0, 0.05) is 30.7 Å². The van der Waals surface area contributed by atoms with E-state index < -0.39 is 0 Å². The summed E-state index contributed by atoms with van der Waals surface area (Å²) in [5.41, 5.74) is 1.38. The summed E-state index contributed by atoms with van der Waals surface area (Å²) < 4.78 is 22.1. The van der Waals surface area contributed by atoms with Crippen molar-refractivity contribution in [1.29, 1.82) is 0 Å². The molecule has 128 valence electrons. The van der Waals surface area contributed by atoms with Crippen LogP contribution in [-0.4, -0.2) is 20.6 Å². The Bertz CT molecular complexity index is 889. The fourth-order valence-corrected chi connectivity index (χ4v) is 2.67. The average molecular weight is 338 g/mol. The third-order valence-electron chi connectivity index (χ3n) is 4.17. The molecule has 0 radical (unpaired) electrons. The number of hydrogen-bond donors (Lipinski definition) is 1. The lowest BCUT2D eigenvalue weighted by Crippen LogP contribution is -2.08. The molecule has 1 aromatic carbocycles. The Labute approximate surface area is 145 Å². The summed E-state index contributed by atoms with van der Waals surface area (Å²) in [6.45, 7) is 2.26. The van der Waals surface area contributed by atoms with E-state index >= 15 is 0 Å². The Hall–Kier alpha value is -2.89. The second-order valence-corrected chi connectivity index (χ2v) is 6.12. The average Bonchev–Trinajstić information content (AvgIpc) is 3.34. The fraction of sp³-hybridized carbons (Fsp3) is 0.263. The smallest absolute Gasteiger partial charge is 0.170 e. The largest absolute Gasteiger partial charge is 0.487 e. The van der Waals surface area contributed by atoms with Crippen LogP contribution in [0.25, 0.3) is 5.82 Å². The Morgan fingerprint density at radius 3 is 2.84 bits per heavy atom. The van der Waals surface area contributed by atoms with Crippen molar-refractivity contribution in [3.8, 4) is 11.6 Å². The highest BCUT2D eigenvalue weighted by Gasteiger charge is 2.25. The first-order valence-corrected chi connectivity index (χ1v) is 8.35. The van der Waals surface area contributed by atoms with E-state index in [9.17, 15) is 4.39 Å². The number of nitrogens with one attached hydrogen (secondary N) is 1. The standard InChI is InChI=1S/C19H19FN4O/c1-13-21-10-11-24(13)19-16(5-3-9-22-19)23-12-14-4-2-6-17(18(14)20)25-15-7-8-15/h2-6,9-11,15,23H,7-8,12H2,1H3. The minimum Gasteiger partial charge on any atom is -0.487 e. The van der Waals surface area contributed by atoms with Gasteiger partial charge in [0.2, 0.25) is 0 Å². The zero-order valence-electron chi connectivity index (χ0n) is 13.9. The Kier molecular flexibility index (Phi) is 4.09. The SMILES string of the molecule is Cc1nccn1-c1ncccc1NCc1cccc(OC2CC2)c1F. The molecular formula is C19H19FN4O. The van der Waals surface area contributed by atoms with E-state index in [0.29, 0.717) is 17.9 Å². The third kappa shape index (κ3) is 3.33. The summed E-state index contributed by atoms with van der Waals surface area (Å²) in [6.07, 6.45) is 7.49. The topological polar surface area (TPSA) is 52.0 Å². The first-order valence-electron chi connectivity index (χ1n) is 8.35. The molecule has 25 heavy (non-hydrogen) atoms. The van der Waals surface area contributed by atoms with Crippen molar-refractivity contribution in [2.75, 3.05) is 5.32 Å². The Balaban J connectivity index is 1.55. The third-order valence-corrected chi connectivity index (χ3v) is 4.17. The predicted molar refractivity (Wildman–Crippen MR) is 93.5 cm³/mol. The Morgan fingerprint density at radius 2 is 2.08 bits per heavy atom. The molecule has 1 saturated carbocycles. The van der Waals surface area contributed by atoms with Gasteiger partial charge in [-0.25, -0.2) is 14.4 Å². The van der Waals surface area contributed by atoms with Crippen molar-refractivity contribution in [2.45, 2.75) is 32.4 Å². The molecule has 0 bridgehead atoms. The molecular weight excluding hydrogens is 319 g/mol. The van der Waals surface area contributed by atoms with Crippen molar-refractivity contribution >= 4 is 5.69 Å². The molecule has 0 unspecified atom stereocenters. The monoisotopic (exact) mass is 338 g/mol. The second kappa shape index (κ2) is 6.55. The highest BCUT2D eigenvalue weighted by molar-refractivity contribution is 5.57. The summed E-state index contributed by atoms with van der Waals surface area (Å²) in [5, 5.41) is 3.28. The second-order valence-electron chi connectivity index (χ2n) is 6.12. The summed E-state index contributed by atoms with van der Waals surface area (Å²) in [7, 11) is 0. The molecule has 1 fully saturated rings. The number of nitrogens with zero attached hydrogens (tertiary/aromatic N) is 3. The molecule has 2 aromatic heterocycles. The van der Waals surface area contributed by atoms with E-state index in [2.05, 4.69) is 15.3 Å². The van der Waals surface area contributed by atoms with Crippen LogP contribution in [0.5, 0.6) is 5.75 Å². The highest BCUT2D eigenvalue weighted by Crippen LogP contribution is 2.30. The molecule has 0 saturated heterocycles. The lowest BCUT2D eigenvalue weighted by Gasteiger charge is -2.14. The number of pyridine rings is 1. The maximum Gasteiger partial charge on any atom is 0.170 e. The normalized spacial score (nSPS) is 13.7.